The van der Waals surface area contributed by atoms with Crippen LogP contribution in [0, 0.1) is 34.0 Å². The number of hydrogen-bond acceptors (Lipinski definition) is 6. The molecule has 0 radical (unpaired) electrons. The summed E-state index contributed by atoms with van der Waals surface area (Å²) in [7, 11) is 0. The minimum Gasteiger partial charge on any atom is -0.208 e. The molecular weight excluding hydrogens is 661 g/mol. The van der Waals surface area contributed by atoms with Crippen LogP contribution in [0.3, 0.4) is 0 Å². The van der Waals surface area contributed by atoms with E-state index in [1.165, 1.54) is 0 Å². The van der Waals surface area contributed by atoms with Crippen LogP contribution in [0.25, 0.3) is 78.7 Å². The maximum absolute atomic E-state index is 9.47. The molecule has 0 saturated carbocycles. The molecule has 0 atom stereocenters. The third kappa shape index (κ3) is 6.85. The summed E-state index contributed by atoms with van der Waals surface area (Å²) >= 11 is 0. The molecule has 0 N–H and O–H groups in total. The van der Waals surface area contributed by atoms with E-state index < -0.39 is 0 Å². The highest BCUT2D eigenvalue weighted by molar-refractivity contribution is 5.87. The van der Waals surface area contributed by atoms with Crippen LogP contribution in [-0.4, -0.2) is 15.0 Å². The first-order valence-corrected chi connectivity index (χ1v) is 17.3. The molecule has 0 aliphatic carbocycles. The van der Waals surface area contributed by atoms with Crippen LogP contribution in [0.2, 0.25) is 0 Å². The Morgan fingerprint density at radius 2 is 0.685 bits per heavy atom. The molecule has 0 amide bonds. The Labute approximate surface area is 313 Å². The van der Waals surface area contributed by atoms with Crippen LogP contribution in [0.1, 0.15) is 16.7 Å². The van der Waals surface area contributed by atoms with Crippen molar-refractivity contribution in [2.75, 3.05) is 0 Å². The third-order valence-corrected chi connectivity index (χ3v) is 9.28. The normalized spacial score (nSPS) is 10.5. The van der Waals surface area contributed by atoms with Crippen molar-refractivity contribution < 1.29 is 0 Å². The number of hydrogen-bond donors (Lipinski definition) is 0. The van der Waals surface area contributed by atoms with Gasteiger partial charge in [-0.05, 0) is 87.0 Å². The molecule has 1 heterocycles. The Balaban J connectivity index is 1.26. The molecule has 0 aliphatic rings. The van der Waals surface area contributed by atoms with Gasteiger partial charge in [0, 0.05) is 16.7 Å². The fourth-order valence-electron chi connectivity index (χ4n) is 6.41. The molecule has 0 fully saturated rings. The predicted molar refractivity (Wildman–Crippen MR) is 212 cm³/mol. The van der Waals surface area contributed by atoms with Gasteiger partial charge >= 0.3 is 0 Å². The second kappa shape index (κ2) is 14.7. The van der Waals surface area contributed by atoms with Crippen molar-refractivity contribution in [1.82, 2.24) is 15.0 Å². The van der Waals surface area contributed by atoms with E-state index in [2.05, 4.69) is 48.5 Å². The van der Waals surface area contributed by atoms with E-state index in [-0.39, 0.29) is 0 Å². The Morgan fingerprint density at radius 1 is 0.278 bits per heavy atom. The van der Waals surface area contributed by atoms with Crippen molar-refractivity contribution in [2.45, 2.75) is 0 Å². The first kappa shape index (κ1) is 33.2. The van der Waals surface area contributed by atoms with Crippen LogP contribution < -0.4 is 0 Å². The molecule has 6 heteroatoms. The molecule has 0 unspecified atom stereocenters. The molecule has 250 valence electrons. The van der Waals surface area contributed by atoms with Crippen LogP contribution in [0.5, 0.6) is 0 Å². The predicted octanol–water partition coefficient (Wildman–Crippen LogP) is 11.2. The number of aromatic nitrogens is 3. The van der Waals surface area contributed by atoms with Gasteiger partial charge in [-0.2, -0.15) is 15.8 Å². The summed E-state index contributed by atoms with van der Waals surface area (Å²) in [5.41, 5.74) is 12.2. The largest absolute Gasteiger partial charge is 0.208 e. The van der Waals surface area contributed by atoms with Gasteiger partial charge in [0.15, 0.2) is 17.5 Å². The van der Waals surface area contributed by atoms with Crippen LogP contribution in [0.15, 0.2) is 170 Å². The summed E-state index contributed by atoms with van der Waals surface area (Å²) < 4.78 is 0. The van der Waals surface area contributed by atoms with E-state index >= 15 is 0 Å². The average molecular weight is 689 g/mol. The minimum atomic E-state index is 0.509. The van der Waals surface area contributed by atoms with E-state index in [9.17, 15) is 15.8 Å². The summed E-state index contributed by atoms with van der Waals surface area (Å²) in [4.78, 5) is 15.1. The van der Waals surface area contributed by atoms with E-state index in [0.717, 1.165) is 61.2 Å². The van der Waals surface area contributed by atoms with Crippen LogP contribution in [-0.2, 0) is 0 Å². The quantitative estimate of drug-likeness (QED) is 0.165. The fourth-order valence-corrected chi connectivity index (χ4v) is 6.41. The molecule has 1 aromatic heterocycles. The van der Waals surface area contributed by atoms with E-state index in [1.807, 2.05) is 133 Å². The summed E-state index contributed by atoms with van der Waals surface area (Å²) in [6.45, 7) is 0. The molecule has 0 aliphatic heterocycles. The van der Waals surface area contributed by atoms with Crippen molar-refractivity contribution in [1.29, 1.82) is 15.8 Å². The second-order valence-corrected chi connectivity index (χ2v) is 12.7. The van der Waals surface area contributed by atoms with E-state index in [0.29, 0.717) is 34.2 Å². The van der Waals surface area contributed by atoms with Crippen molar-refractivity contribution in [2.24, 2.45) is 0 Å². The molecule has 7 aromatic carbocycles. The lowest BCUT2D eigenvalue weighted by atomic mass is 9.92. The molecule has 54 heavy (non-hydrogen) atoms. The van der Waals surface area contributed by atoms with Gasteiger partial charge in [-0.25, -0.2) is 15.0 Å². The van der Waals surface area contributed by atoms with Gasteiger partial charge in [0.2, 0.25) is 0 Å². The first-order valence-electron chi connectivity index (χ1n) is 17.3. The lowest BCUT2D eigenvalue weighted by Crippen LogP contribution is -2.00. The first-order chi connectivity index (χ1) is 26.6. The topological polar surface area (TPSA) is 110 Å². The molecule has 0 saturated heterocycles. The Hall–Kier alpha value is -7.98. The highest BCUT2D eigenvalue weighted by atomic mass is 15.0. The van der Waals surface area contributed by atoms with Crippen molar-refractivity contribution in [3.63, 3.8) is 0 Å². The minimum absolute atomic E-state index is 0.509. The zero-order valence-electron chi connectivity index (χ0n) is 28.8. The Kier molecular flexibility index (Phi) is 9.04. The summed E-state index contributed by atoms with van der Waals surface area (Å²) in [5, 5.41) is 28.3. The SMILES string of the molecule is N#Cc1ccc(-c2ccc(-c3nc(-c4ccc(-c5ccccc5)cc4)nc(-c4ccc(-c5cccc(C#N)c5)cc4)n3)cc2-c2ccc(C#N)cc2)cc1. The molecular formula is C48H28N6. The molecule has 8 rings (SSSR count). The zero-order valence-corrected chi connectivity index (χ0v) is 28.8. The lowest BCUT2D eigenvalue weighted by Gasteiger charge is -2.14. The van der Waals surface area contributed by atoms with Gasteiger partial charge in [-0.1, -0.05) is 127 Å². The highest BCUT2D eigenvalue weighted by Crippen LogP contribution is 2.37. The maximum Gasteiger partial charge on any atom is 0.164 e. The Morgan fingerprint density at radius 3 is 1.22 bits per heavy atom. The monoisotopic (exact) mass is 688 g/mol. The Bertz CT molecular complexity index is 2750. The number of nitrogens with zero attached hydrogens (tertiary/aromatic N) is 6. The number of nitriles is 3. The molecule has 0 bridgehead atoms. The second-order valence-electron chi connectivity index (χ2n) is 12.7. The van der Waals surface area contributed by atoms with Crippen molar-refractivity contribution in [3.8, 4) is 96.9 Å². The summed E-state index contributed by atoms with van der Waals surface area (Å²) in [5.74, 6) is 1.57. The van der Waals surface area contributed by atoms with E-state index in [4.69, 9.17) is 15.0 Å². The smallest absolute Gasteiger partial charge is 0.164 e. The van der Waals surface area contributed by atoms with Gasteiger partial charge in [0.05, 0.1) is 34.9 Å². The van der Waals surface area contributed by atoms with Gasteiger partial charge in [0.25, 0.3) is 0 Å². The molecule has 8 aromatic rings. The number of benzene rings is 7. The van der Waals surface area contributed by atoms with Gasteiger partial charge < -0.3 is 0 Å². The molecule has 6 nitrogen and oxygen atoms in total. The lowest BCUT2D eigenvalue weighted by molar-refractivity contribution is 1.07. The molecule has 0 spiro atoms. The van der Waals surface area contributed by atoms with E-state index in [1.54, 1.807) is 6.07 Å². The fraction of sp³-hybridized carbons (Fsp3) is 0. The van der Waals surface area contributed by atoms with Gasteiger partial charge in [-0.15, -0.1) is 0 Å². The standard InChI is InChI=1S/C48H28N6/c49-29-32-9-13-38(14-10-32)44-26-25-43(28-45(44)39-15-11-33(30-50)12-16-39)48-53-46(40-21-17-36(18-22-40)35-6-2-1-3-7-35)52-47(54-48)41-23-19-37(20-24-41)42-8-4-5-34(27-42)31-51/h1-28H. The average Bonchev–Trinajstić information content (AvgIpc) is 3.26. The van der Waals surface area contributed by atoms with Crippen molar-refractivity contribution in [3.05, 3.63) is 187 Å². The summed E-state index contributed by atoms with van der Waals surface area (Å²) in [6.07, 6.45) is 0. The van der Waals surface area contributed by atoms with Crippen LogP contribution >= 0.6 is 0 Å². The zero-order chi connectivity index (χ0) is 36.9. The third-order valence-electron chi connectivity index (χ3n) is 9.28. The maximum atomic E-state index is 9.47. The summed E-state index contributed by atoms with van der Waals surface area (Å²) in [6, 6.07) is 61.7. The van der Waals surface area contributed by atoms with Gasteiger partial charge in [-0.3, -0.25) is 0 Å². The number of rotatable bonds is 7. The van der Waals surface area contributed by atoms with Crippen molar-refractivity contribution >= 4 is 0 Å². The van der Waals surface area contributed by atoms with Crippen LogP contribution in [0.4, 0.5) is 0 Å². The van der Waals surface area contributed by atoms with Gasteiger partial charge in [0.1, 0.15) is 0 Å². The highest BCUT2D eigenvalue weighted by Gasteiger charge is 2.16.